The van der Waals surface area contributed by atoms with Crippen molar-refractivity contribution < 1.29 is 38.5 Å². The van der Waals surface area contributed by atoms with E-state index in [2.05, 4.69) is 4.98 Å². The number of aromatic nitrogens is 1. The number of amides is 2. The molecule has 2 aliphatic heterocycles. The Morgan fingerprint density at radius 1 is 1.23 bits per heavy atom. The van der Waals surface area contributed by atoms with Gasteiger partial charge in [0.1, 0.15) is 28.7 Å². The third-order valence-corrected chi connectivity index (χ3v) is 9.49. The lowest BCUT2D eigenvalue weighted by Crippen LogP contribution is -2.65. The SMILES string of the molecule is COc1ccccc1C(CN1c2sc(-c3ncco3)c(C)c2C(=O)N(C(C)(C)C(=O)O)C1O)OC1CCN(C(C)=O)CC1. The summed E-state index contributed by atoms with van der Waals surface area (Å²) in [5.74, 6) is -0.952. The second kappa shape index (κ2) is 12.0. The van der Waals surface area contributed by atoms with Crippen LogP contribution < -0.4 is 9.64 Å². The summed E-state index contributed by atoms with van der Waals surface area (Å²) in [7, 11) is 1.57. The highest BCUT2D eigenvalue weighted by atomic mass is 32.1. The molecule has 3 aromatic rings. The average molecular weight is 613 g/mol. The van der Waals surface area contributed by atoms with E-state index in [1.807, 2.05) is 24.3 Å². The van der Waals surface area contributed by atoms with E-state index in [0.29, 0.717) is 53.0 Å². The van der Waals surface area contributed by atoms with Crippen molar-refractivity contribution in [2.45, 2.75) is 64.6 Å². The fraction of sp³-hybridized carbons (Fsp3) is 0.467. The number of carboxylic acids is 1. The zero-order chi connectivity index (χ0) is 31.1. The van der Waals surface area contributed by atoms with Crippen LogP contribution in [0.25, 0.3) is 10.8 Å². The number of carbonyl (C=O) groups is 3. The molecule has 2 unspecified atom stereocenters. The van der Waals surface area contributed by atoms with Crippen molar-refractivity contribution in [2.24, 2.45) is 0 Å². The van der Waals surface area contributed by atoms with E-state index < -0.39 is 29.9 Å². The highest BCUT2D eigenvalue weighted by Gasteiger charge is 2.50. The van der Waals surface area contributed by atoms with Gasteiger partial charge in [-0.25, -0.2) is 9.78 Å². The normalized spacial score (nSPS) is 18.5. The number of ether oxygens (including phenoxy) is 2. The molecule has 0 aliphatic carbocycles. The third kappa shape index (κ3) is 5.59. The molecule has 4 heterocycles. The van der Waals surface area contributed by atoms with Crippen LogP contribution in [0.1, 0.15) is 61.2 Å². The molecule has 43 heavy (non-hydrogen) atoms. The molecular formula is C30H36N4O8S. The maximum Gasteiger partial charge on any atom is 0.329 e. The molecule has 0 radical (unpaired) electrons. The number of nitrogens with zero attached hydrogens (tertiary/aromatic N) is 4. The quantitative estimate of drug-likeness (QED) is 0.365. The van der Waals surface area contributed by atoms with E-state index >= 15 is 0 Å². The van der Waals surface area contributed by atoms with Gasteiger partial charge < -0.3 is 33.9 Å². The summed E-state index contributed by atoms with van der Waals surface area (Å²) in [6.07, 6.45) is 1.73. The molecule has 13 heteroatoms. The highest BCUT2D eigenvalue weighted by molar-refractivity contribution is 7.20. The number of methoxy groups -OCH3 is 1. The number of hydrogen-bond donors (Lipinski definition) is 2. The monoisotopic (exact) mass is 612 g/mol. The van der Waals surface area contributed by atoms with Crippen molar-refractivity contribution in [1.29, 1.82) is 0 Å². The number of carboxylic acid groups (broad SMARTS) is 1. The lowest BCUT2D eigenvalue weighted by molar-refractivity contribution is -0.154. The number of carbonyl (C=O) groups excluding carboxylic acids is 2. The highest BCUT2D eigenvalue weighted by Crippen LogP contribution is 2.47. The van der Waals surface area contributed by atoms with Gasteiger partial charge in [0.25, 0.3) is 5.91 Å². The molecule has 1 aromatic carbocycles. The van der Waals surface area contributed by atoms with Gasteiger partial charge in [0.15, 0.2) is 0 Å². The minimum Gasteiger partial charge on any atom is -0.496 e. The molecule has 2 N–H and O–H groups in total. The van der Waals surface area contributed by atoms with E-state index in [-0.39, 0.29) is 24.1 Å². The van der Waals surface area contributed by atoms with Gasteiger partial charge in [-0.1, -0.05) is 18.2 Å². The number of benzene rings is 1. The van der Waals surface area contributed by atoms with Gasteiger partial charge in [-0.2, -0.15) is 0 Å². The number of aliphatic carboxylic acids is 1. The number of fused-ring (bicyclic) bond motifs is 1. The minimum atomic E-state index is -1.75. The van der Waals surface area contributed by atoms with Gasteiger partial charge in [-0.3, -0.25) is 14.5 Å². The lowest BCUT2D eigenvalue weighted by Gasteiger charge is -2.47. The summed E-state index contributed by atoms with van der Waals surface area (Å²) >= 11 is 1.24. The molecule has 2 atom stereocenters. The number of rotatable bonds is 9. The number of thiophene rings is 1. The predicted octanol–water partition coefficient (Wildman–Crippen LogP) is 3.89. The number of aliphatic hydroxyl groups excluding tert-OH is 1. The van der Waals surface area contributed by atoms with Crippen molar-refractivity contribution >= 4 is 34.1 Å². The van der Waals surface area contributed by atoms with Gasteiger partial charge in [0.2, 0.25) is 18.1 Å². The van der Waals surface area contributed by atoms with Crippen LogP contribution in [0.4, 0.5) is 5.00 Å². The van der Waals surface area contributed by atoms with Crippen LogP contribution in [0.15, 0.2) is 41.1 Å². The fourth-order valence-corrected chi connectivity index (χ4v) is 6.91. The average Bonchev–Trinajstić information content (AvgIpc) is 3.63. The van der Waals surface area contributed by atoms with E-state index in [4.69, 9.17) is 13.9 Å². The Bertz CT molecular complexity index is 1500. The second-order valence-electron chi connectivity index (χ2n) is 11.2. The van der Waals surface area contributed by atoms with Crippen LogP contribution in [0.5, 0.6) is 5.75 Å². The summed E-state index contributed by atoms with van der Waals surface area (Å²) in [6.45, 7) is 7.26. The number of oxazole rings is 1. The third-order valence-electron chi connectivity index (χ3n) is 8.18. The van der Waals surface area contributed by atoms with Crippen LogP contribution >= 0.6 is 11.3 Å². The van der Waals surface area contributed by atoms with Crippen molar-refractivity contribution in [3.05, 3.63) is 53.4 Å². The summed E-state index contributed by atoms with van der Waals surface area (Å²) in [4.78, 5) is 47.4. The maximum absolute atomic E-state index is 13.9. The molecule has 2 amide bonds. The molecule has 2 aromatic heterocycles. The molecule has 1 saturated heterocycles. The van der Waals surface area contributed by atoms with Crippen molar-refractivity contribution in [1.82, 2.24) is 14.8 Å². The standard InChI is InChI=1S/C30H36N4O8S/c1-17-23-26(36)34(30(3,4)28(37)38)29(39)33(27(23)43-24(17)25-31-12-15-41-25)16-22(20-8-6-7-9-21(20)40-5)42-19-10-13-32(14-11-19)18(2)35/h6-9,12,15,19,22,29,39H,10-11,13-14,16H2,1-5H3,(H,37,38). The molecule has 0 spiro atoms. The molecule has 230 valence electrons. The second-order valence-corrected chi connectivity index (χ2v) is 12.2. The van der Waals surface area contributed by atoms with Crippen molar-refractivity contribution in [3.63, 3.8) is 0 Å². The first-order valence-corrected chi connectivity index (χ1v) is 14.9. The predicted molar refractivity (Wildman–Crippen MR) is 158 cm³/mol. The summed E-state index contributed by atoms with van der Waals surface area (Å²) in [5, 5.41) is 22.3. The first-order valence-electron chi connectivity index (χ1n) is 14.0. The number of likely N-dealkylation sites (tertiary alicyclic amines) is 1. The number of piperidine rings is 1. The van der Waals surface area contributed by atoms with Crippen LogP contribution in [0, 0.1) is 6.92 Å². The molecule has 2 aliphatic rings. The summed E-state index contributed by atoms with van der Waals surface area (Å²) < 4.78 is 17.9. The number of para-hydroxylation sites is 1. The topological polar surface area (TPSA) is 146 Å². The van der Waals surface area contributed by atoms with E-state index in [1.54, 1.807) is 30.8 Å². The number of aliphatic hydroxyl groups is 1. The van der Waals surface area contributed by atoms with Gasteiger partial charge in [-0.05, 0) is 45.2 Å². The largest absolute Gasteiger partial charge is 0.496 e. The maximum atomic E-state index is 13.9. The number of hydrogen-bond acceptors (Lipinski definition) is 10. The molecule has 5 rings (SSSR count). The van der Waals surface area contributed by atoms with Crippen LogP contribution in [0.2, 0.25) is 0 Å². The van der Waals surface area contributed by atoms with Gasteiger partial charge in [0, 0.05) is 25.6 Å². The Morgan fingerprint density at radius 3 is 2.53 bits per heavy atom. The first kappa shape index (κ1) is 30.5. The molecule has 0 saturated carbocycles. The van der Waals surface area contributed by atoms with Crippen LogP contribution in [-0.2, 0) is 14.3 Å². The summed E-state index contributed by atoms with van der Waals surface area (Å²) in [6, 6.07) is 7.42. The molecule has 12 nitrogen and oxygen atoms in total. The number of anilines is 1. The Morgan fingerprint density at radius 2 is 1.93 bits per heavy atom. The Labute approximate surface area is 253 Å². The van der Waals surface area contributed by atoms with E-state index in [1.165, 1.54) is 37.6 Å². The van der Waals surface area contributed by atoms with E-state index in [0.717, 1.165) is 10.5 Å². The Kier molecular flexibility index (Phi) is 8.50. The fourth-order valence-electron chi connectivity index (χ4n) is 5.65. The summed E-state index contributed by atoms with van der Waals surface area (Å²) in [5.41, 5.74) is -0.173. The lowest BCUT2D eigenvalue weighted by atomic mass is 9.98. The van der Waals surface area contributed by atoms with Gasteiger partial charge in [-0.15, -0.1) is 11.3 Å². The van der Waals surface area contributed by atoms with Crippen LogP contribution in [0.3, 0.4) is 0 Å². The zero-order valence-corrected chi connectivity index (χ0v) is 25.6. The smallest absolute Gasteiger partial charge is 0.329 e. The minimum absolute atomic E-state index is 0.0180. The van der Waals surface area contributed by atoms with Gasteiger partial charge >= 0.3 is 5.97 Å². The van der Waals surface area contributed by atoms with Crippen molar-refractivity contribution in [2.75, 3.05) is 31.6 Å². The molecule has 1 fully saturated rings. The van der Waals surface area contributed by atoms with Crippen molar-refractivity contribution in [3.8, 4) is 16.5 Å². The first-order chi connectivity index (χ1) is 20.4. The molecular weight excluding hydrogens is 576 g/mol. The van der Waals surface area contributed by atoms with E-state index in [9.17, 15) is 24.6 Å². The molecule has 0 bridgehead atoms. The Hall–Kier alpha value is -3.94. The zero-order valence-electron chi connectivity index (χ0n) is 24.8. The van der Waals surface area contributed by atoms with Gasteiger partial charge in [0.05, 0.1) is 36.4 Å². The Balaban J connectivity index is 1.59. The van der Waals surface area contributed by atoms with Crippen LogP contribution in [-0.4, -0.2) is 87.5 Å².